The molecule has 4 rings (SSSR count). The summed E-state index contributed by atoms with van der Waals surface area (Å²) in [6.45, 7) is 4.85. The molecule has 2 aromatic heterocycles. The van der Waals surface area contributed by atoms with Crippen molar-refractivity contribution < 1.29 is 22.7 Å². The molecule has 1 aliphatic rings. The zero-order chi connectivity index (χ0) is 27.3. The number of aryl methyl sites for hydroxylation is 1. The molecule has 1 amide bonds. The van der Waals surface area contributed by atoms with Crippen molar-refractivity contribution in [1.82, 2.24) is 19.4 Å². The first-order chi connectivity index (χ1) is 17.7. The van der Waals surface area contributed by atoms with Crippen LogP contribution in [0.4, 0.5) is 19.0 Å². The number of likely N-dealkylation sites (tertiary alicyclic amines) is 1. The first kappa shape index (κ1) is 28.1. The number of carbonyl (C=O) groups is 1. The number of carbonyl (C=O) groups excluding carboxylic acids is 1. The number of hydrogen-bond donors (Lipinski definition) is 0. The maximum atomic E-state index is 14.7. The lowest BCUT2D eigenvalue weighted by atomic mass is 9.84. The average Bonchev–Trinajstić information content (AvgIpc) is 2.92. The number of hydrogen-bond acceptors (Lipinski definition) is 6. The fraction of sp³-hybridized carbons (Fsp3) is 0.462. The number of methoxy groups -OCH3 is 1. The van der Waals surface area contributed by atoms with E-state index in [-0.39, 0.29) is 17.7 Å². The highest BCUT2D eigenvalue weighted by Gasteiger charge is 2.39. The van der Waals surface area contributed by atoms with Crippen LogP contribution >= 0.6 is 0 Å². The Hall–Kier alpha value is -3.47. The van der Waals surface area contributed by atoms with Crippen LogP contribution in [-0.2, 0) is 28.7 Å². The second kappa shape index (κ2) is 11.7. The van der Waals surface area contributed by atoms with Gasteiger partial charge in [-0.05, 0) is 18.9 Å². The van der Waals surface area contributed by atoms with E-state index < -0.39 is 23.4 Å². The van der Waals surface area contributed by atoms with Crippen LogP contribution in [0.5, 0.6) is 0 Å². The summed E-state index contributed by atoms with van der Waals surface area (Å²) in [7, 11) is 4.80. The Kier molecular flexibility index (Phi) is 8.90. The molecule has 0 spiro atoms. The first-order valence-corrected chi connectivity index (χ1v) is 12.1. The molecular formula is C26H32F3N5O3. The summed E-state index contributed by atoms with van der Waals surface area (Å²) in [4.78, 5) is 36.4. The third-order valence-electron chi connectivity index (χ3n) is 6.73. The van der Waals surface area contributed by atoms with E-state index >= 15 is 0 Å². The van der Waals surface area contributed by atoms with Crippen LogP contribution in [0.15, 0.2) is 35.4 Å². The predicted molar refractivity (Wildman–Crippen MR) is 135 cm³/mol. The van der Waals surface area contributed by atoms with E-state index in [4.69, 9.17) is 4.74 Å². The van der Waals surface area contributed by atoms with Gasteiger partial charge in [-0.3, -0.25) is 14.2 Å². The van der Waals surface area contributed by atoms with Gasteiger partial charge in [0.25, 0.3) is 12.0 Å². The first-order valence-electron chi connectivity index (χ1n) is 12.1. The molecule has 3 heterocycles. The Labute approximate surface area is 213 Å². The van der Waals surface area contributed by atoms with Gasteiger partial charge in [0.15, 0.2) is 0 Å². The number of aromatic nitrogens is 3. The lowest BCUT2D eigenvalue weighted by Gasteiger charge is -2.39. The van der Waals surface area contributed by atoms with Gasteiger partial charge < -0.3 is 14.5 Å². The molecule has 11 heteroatoms. The van der Waals surface area contributed by atoms with Gasteiger partial charge in [0, 0.05) is 46.4 Å². The third-order valence-corrected chi connectivity index (χ3v) is 6.73. The Balaban J connectivity index is 0.00000186. The Morgan fingerprint density at radius 3 is 2.49 bits per heavy atom. The number of ether oxygens (including phenoxy) is 1. The van der Waals surface area contributed by atoms with Crippen LogP contribution in [0, 0.1) is 5.82 Å². The van der Waals surface area contributed by atoms with Gasteiger partial charge in [0.2, 0.25) is 6.41 Å². The van der Waals surface area contributed by atoms with Crippen molar-refractivity contribution in [1.29, 1.82) is 0 Å². The van der Waals surface area contributed by atoms with Gasteiger partial charge in [-0.25, -0.2) is 23.1 Å². The summed E-state index contributed by atoms with van der Waals surface area (Å²) in [5.41, 5.74) is -0.952. The van der Waals surface area contributed by atoms with Gasteiger partial charge >= 0.3 is 0 Å². The van der Waals surface area contributed by atoms with Crippen LogP contribution in [0.1, 0.15) is 49.8 Å². The number of nitrogens with zero attached hydrogens (tertiary/aromatic N) is 5. The molecule has 0 N–H and O–H groups in total. The summed E-state index contributed by atoms with van der Waals surface area (Å²) in [5, 5.41) is 0.534. The van der Waals surface area contributed by atoms with Crippen molar-refractivity contribution in [2.45, 2.75) is 45.3 Å². The summed E-state index contributed by atoms with van der Waals surface area (Å²) >= 11 is 0. The number of benzene rings is 1. The SMILES string of the molecule is CC.COC1(c2cc3c(N(C)Cc4cccc(C(F)F)c4F)ncnc3n(C)c2=O)CCN(C=O)CC1. The molecule has 1 aromatic carbocycles. The standard InChI is InChI=1S/C24H26F3N5O3.C2H6/c1-30(12-15-5-4-6-16(19(15)25)20(26)27)21-17-11-18(23(34)31(2)22(17)29-13-28-21)24(35-3)7-9-32(14-33)10-8-24;1-2/h4-6,11,13-14,20H,7-10,12H2,1-3H3;1-2H3. The van der Waals surface area contributed by atoms with Crippen molar-refractivity contribution >= 4 is 23.3 Å². The molecule has 1 aliphatic heterocycles. The van der Waals surface area contributed by atoms with Crippen LogP contribution < -0.4 is 10.5 Å². The molecule has 1 fully saturated rings. The number of anilines is 1. The van der Waals surface area contributed by atoms with Crippen molar-refractivity contribution in [3.8, 4) is 0 Å². The minimum absolute atomic E-state index is 0.0274. The Morgan fingerprint density at radius 1 is 1.22 bits per heavy atom. The highest BCUT2D eigenvalue weighted by molar-refractivity contribution is 5.87. The second-order valence-corrected chi connectivity index (χ2v) is 8.67. The monoisotopic (exact) mass is 519 g/mol. The van der Waals surface area contributed by atoms with E-state index in [0.29, 0.717) is 48.3 Å². The molecule has 37 heavy (non-hydrogen) atoms. The van der Waals surface area contributed by atoms with Crippen LogP contribution in [0.3, 0.4) is 0 Å². The zero-order valence-electron chi connectivity index (χ0n) is 21.7. The molecule has 200 valence electrons. The van der Waals surface area contributed by atoms with Crippen molar-refractivity contribution in [3.63, 3.8) is 0 Å². The molecular weight excluding hydrogens is 487 g/mol. The predicted octanol–water partition coefficient (Wildman–Crippen LogP) is 4.16. The van der Waals surface area contributed by atoms with Gasteiger partial charge in [-0.2, -0.15) is 0 Å². The zero-order valence-corrected chi connectivity index (χ0v) is 21.7. The summed E-state index contributed by atoms with van der Waals surface area (Å²) in [6, 6.07) is 5.59. The van der Waals surface area contributed by atoms with E-state index in [0.717, 1.165) is 12.5 Å². The molecule has 0 radical (unpaired) electrons. The van der Waals surface area contributed by atoms with E-state index in [9.17, 15) is 22.8 Å². The highest BCUT2D eigenvalue weighted by Crippen LogP contribution is 2.36. The van der Waals surface area contributed by atoms with E-state index in [1.54, 1.807) is 30.0 Å². The molecule has 3 aromatic rings. The molecule has 0 atom stereocenters. The maximum Gasteiger partial charge on any atom is 0.266 e. The van der Waals surface area contributed by atoms with Gasteiger partial charge in [0.1, 0.15) is 29.2 Å². The topological polar surface area (TPSA) is 80.6 Å². The quantitative estimate of drug-likeness (QED) is 0.436. The lowest BCUT2D eigenvalue weighted by Crippen LogP contribution is -2.46. The van der Waals surface area contributed by atoms with E-state index in [1.807, 2.05) is 13.8 Å². The number of amides is 1. The summed E-state index contributed by atoms with van der Waals surface area (Å²) < 4.78 is 48.2. The van der Waals surface area contributed by atoms with E-state index in [1.165, 1.54) is 30.1 Å². The fourth-order valence-electron chi connectivity index (χ4n) is 4.68. The highest BCUT2D eigenvalue weighted by atomic mass is 19.3. The Morgan fingerprint density at radius 2 is 1.89 bits per heavy atom. The second-order valence-electron chi connectivity index (χ2n) is 8.67. The number of piperidine rings is 1. The normalized spacial score (nSPS) is 14.9. The molecule has 0 unspecified atom stereocenters. The lowest BCUT2D eigenvalue weighted by molar-refractivity contribution is -0.124. The van der Waals surface area contributed by atoms with Crippen LogP contribution in [0.25, 0.3) is 11.0 Å². The molecule has 8 nitrogen and oxygen atoms in total. The number of halogens is 3. The largest absolute Gasteiger partial charge is 0.373 e. The third kappa shape index (κ3) is 5.31. The van der Waals surface area contributed by atoms with Gasteiger partial charge in [-0.15, -0.1) is 0 Å². The maximum absolute atomic E-state index is 14.7. The van der Waals surface area contributed by atoms with Gasteiger partial charge in [0.05, 0.1) is 16.5 Å². The van der Waals surface area contributed by atoms with E-state index in [2.05, 4.69) is 9.97 Å². The average molecular weight is 520 g/mol. The van der Waals surface area contributed by atoms with Gasteiger partial charge in [-0.1, -0.05) is 32.0 Å². The van der Waals surface area contributed by atoms with Crippen LogP contribution in [0.2, 0.25) is 0 Å². The summed E-state index contributed by atoms with van der Waals surface area (Å²) in [6.07, 6.45) is 0.0313. The summed E-state index contributed by atoms with van der Waals surface area (Å²) in [5.74, 6) is -0.550. The fourth-order valence-corrected chi connectivity index (χ4v) is 4.68. The Bertz CT molecular complexity index is 1310. The molecule has 0 saturated carbocycles. The van der Waals surface area contributed by atoms with Crippen molar-refractivity contribution in [2.75, 3.05) is 32.1 Å². The number of pyridine rings is 1. The number of alkyl halides is 2. The number of fused-ring (bicyclic) bond motifs is 1. The van der Waals surface area contributed by atoms with Crippen molar-refractivity contribution in [2.24, 2.45) is 7.05 Å². The minimum atomic E-state index is -2.92. The molecule has 0 bridgehead atoms. The molecule has 1 saturated heterocycles. The van der Waals surface area contributed by atoms with Crippen LogP contribution in [-0.4, -0.2) is 53.1 Å². The molecule has 0 aliphatic carbocycles. The minimum Gasteiger partial charge on any atom is -0.373 e. The van der Waals surface area contributed by atoms with Crippen molar-refractivity contribution in [3.05, 3.63) is 63.5 Å². The number of rotatable bonds is 7. The smallest absolute Gasteiger partial charge is 0.266 e.